The van der Waals surface area contributed by atoms with Crippen LogP contribution in [0.4, 0.5) is 0 Å². The second-order valence-electron chi connectivity index (χ2n) is 8.63. The highest BCUT2D eigenvalue weighted by Crippen LogP contribution is 2.25. The van der Waals surface area contributed by atoms with Crippen molar-refractivity contribution in [2.45, 2.75) is 25.6 Å². The third-order valence-corrected chi connectivity index (χ3v) is 6.20. The van der Waals surface area contributed by atoms with Gasteiger partial charge >= 0.3 is 0 Å². The number of likely N-dealkylation sites (tertiary alicyclic amines) is 1. The van der Waals surface area contributed by atoms with Gasteiger partial charge in [-0.25, -0.2) is 0 Å². The Hall–Kier alpha value is -3.70. The highest BCUT2D eigenvalue weighted by atomic mass is 16.1. The van der Waals surface area contributed by atoms with E-state index in [0.717, 1.165) is 49.3 Å². The fourth-order valence-electron chi connectivity index (χ4n) is 4.50. The van der Waals surface area contributed by atoms with Crippen LogP contribution in [0.2, 0.25) is 0 Å². The first-order chi connectivity index (χ1) is 16.2. The molecule has 0 aliphatic carbocycles. The first-order valence-corrected chi connectivity index (χ1v) is 11.5. The van der Waals surface area contributed by atoms with Crippen molar-refractivity contribution < 1.29 is 4.79 Å². The summed E-state index contributed by atoms with van der Waals surface area (Å²) in [6.45, 7) is 3.54. The van der Waals surface area contributed by atoms with E-state index in [2.05, 4.69) is 63.8 Å². The van der Waals surface area contributed by atoms with Crippen LogP contribution in [-0.2, 0) is 13.1 Å². The first-order valence-electron chi connectivity index (χ1n) is 11.5. The molecule has 1 unspecified atom stereocenters. The van der Waals surface area contributed by atoms with E-state index in [1.807, 2.05) is 47.3 Å². The van der Waals surface area contributed by atoms with E-state index in [4.69, 9.17) is 0 Å². The molecule has 166 valence electrons. The van der Waals surface area contributed by atoms with Crippen molar-refractivity contribution in [3.8, 4) is 11.1 Å². The molecule has 5 heteroatoms. The topological polar surface area (TPSA) is 50.2 Å². The van der Waals surface area contributed by atoms with Gasteiger partial charge in [-0.05, 0) is 40.8 Å². The lowest BCUT2D eigenvalue weighted by Crippen LogP contribution is -2.37. The van der Waals surface area contributed by atoms with Crippen LogP contribution in [0.25, 0.3) is 11.1 Å². The summed E-state index contributed by atoms with van der Waals surface area (Å²) in [5.74, 6) is -0.00206. The van der Waals surface area contributed by atoms with Crippen molar-refractivity contribution >= 4 is 5.91 Å². The minimum atomic E-state index is -0.00206. The van der Waals surface area contributed by atoms with Crippen LogP contribution in [-0.4, -0.2) is 39.7 Å². The zero-order valence-corrected chi connectivity index (χ0v) is 18.6. The van der Waals surface area contributed by atoms with Gasteiger partial charge in [0.25, 0.3) is 5.91 Å². The van der Waals surface area contributed by atoms with Crippen LogP contribution in [0.3, 0.4) is 0 Å². The lowest BCUT2D eigenvalue weighted by atomic mass is 9.98. The molecule has 1 N–H and O–H groups in total. The fraction of sp³-hybridized carbons (Fsp3) is 0.214. The lowest BCUT2D eigenvalue weighted by molar-refractivity contribution is 0.0938. The highest BCUT2D eigenvalue weighted by molar-refractivity contribution is 6.01. The molecule has 0 spiro atoms. The number of rotatable bonds is 7. The Kier molecular flexibility index (Phi) is 6.31. The van der Waals surface area contributed by atoms with Crippen molar-refractivity contribution in [3.05, 3.63) is 114 Å². The minimum absolute atomic E-state index is 0.00206. The molecule has 0 radical (unpaired) electrons. The molecule has 0 bridgehead atoms. The predicted octanol–water partition coefficient (Wildman–Crippen LogP) is 4.60. The van der Waals surface area contributed by atoms with Gasteiger partial charge < -0.3 is 5.32 Å². The lowest BCUT2D eigenvalue weighted by Gasteiger charge is -2.17. The molecular weight excluding hydrogens is 408 g/mol. The molecule has 1 aliphatic heterocycles. The van der Waals surface area contributed by atoms with E-state index < -0.39 is 0 Å². The second kappa shape index (κ2) is 9.84. The monoisotopic (exact) mass is 436 g/mol. The van der Waals surface area contributed by atoms with E-state index in [1.165, 1.54) is 11.1 Å². The summed E-state index contributed by atoms with van der Waals surface area (Å²) in [5.41, 5.74) is 5.21. The van der Waals surface area contributed by atoms with Gasteiger partial charge in [-0.1, -0.05) is 72.8 Å². The number of benzene rings is 3. The van der Waals surface area contributed by atoms with Gasteiger partial charge in [0.05, 0.1) is 6.54 Å². The Morgan fingerprint density at radius 2 is 1.64 bits per heavy atom. The maximum absolute atomic E-state index is 13.2. The van der Waals surface area contributed by atoms with Crippen LogP contribution in [0.5, 0.6) is 0 Å². The van der Waals surface area contributed by atoms with Gasteiger partial charge in [-0.2, -0.15) is 5.10 Å². The summed E-state index contributed by atoms with van der Waals surface area (Å²) >= 11 is 0. The number of amides is 1. The molecule has 1 aromatic heterocycles. The summed E-state index contributed by atoms with van der Waals surface area (Å²) in [7, 11) is 0. The second-order valence-corrected chi connectivity index (χ2v) is 8.63. The van der Waals surface area contributed by atoms with Crippen molar-refractivity contribution in [1.82, 2.24) is 20.0 Å². The van der Waals surface area contributed by atoms with Gasteiger partial charge in [0.1, 0.15) is 0 Å². The molecule has 4 aromatic rings. The molecule has 3 aromatic carbocycles. The summed E-state index contributed by atoms with van der Waals surface area (Å²) in [6, 6.07) is 28.8. The molecule has 2 heterocycles. The Bertz CT molecular complexity index is 1190. The molecule has 1 saturated heterocycles. The van der Waals surface area contributed by atoms with Gasteiger partial charge in [0.15, 0.2) is 0 Å². The molecule has 1 aliphatic rings. The molecular formula is C28H28N4O. The first kappa shape index (κ1) is 21.2. The van der Waals surface area contributed by atoms with E-state index in [1.54, 1.807) is 6.20 Å². The molecule has 0 saturated carbocycles. The van der Waals surface area contributed by atoms with Crippen LogP contribution < -0.4 is 5.32 Å². The number of aromatic nitrogens is 2. The zero-order chi connectivity index (χ0) is 22.5. The average Bonchev–Trinajstić information content (AvgIpc) is 3.52. The standard InChI is InChI=1S/C28H28N4O/c33-28(30-25-15-18-31(21-25)19-22-7-2-1-3-8-22)27-10-5-4-9-26(27)24-13-11-23(12-14-24)20-32-17-6-16-29-32/h1-14,16-17,25H,15,18-21H2,(H,30,33). The molecule has 33 heavy (non-hydrogen) atoms. The van der Waals surface area contributed by atoms with Crippen molar-refractivity contribution in [1.29, 1.82) is 0 Å². The number of nitrogens with one attached hydrogen (secondary N) is 1. The zero-order valence-electron chi connectivity index (χ0n) is 18.6. The number of nitrogens with zero attached hydrogens (tertiary/aromatic N) is 3. The molecule has 1 fully saturated rings. The van der Waals surface area contributed by atoms with Crippen LogP contribution in [0, 0.1) is 0 Å². The normalized spacial score (nSPS) is 16.1. The van der Waals surface area contributed by atoms with Crippen molar-refractivity contribution in [2.75, 3.05) is 13.1 Å². The smallest absolute Gasteiger partial charge is 0.252 e. The van der Waals surface area contributed by atoms with Gasteiger partial charge in [0, 0.05) is 43.6 Å². The largest absolute Gasteiger partial charge is 0.348 e. The number of carbonyl (C=O) groups excluding carboxylic acids is 1. The van der Waals surface area contributed by atoms with E-state index in [0.29, 0.717) is 0 Å². The Morgan fingerprint density at radius 1 is 0.879 bits per heavy atom. The van der Waals surface area contributed by atoms with Crippen LogP contribution in [0.1, 0.15) is 27.9 Å². The Labute approximate surface area is 194 Å². The van der Waals surface area contributed by atoms with Crippen LogP contribution in [0.15, 0.2) is 97.3 Å². The summed E-state index contributed by atoms with van der Waals surface area (Å²) < 4.78 is 1.90. The minimum Gasteiger partial charge on any atom is -0.348 e. The van der Waals surface area contributed by atoms with E-state index >= 15 is 0 Å². The summed E-state index contributed by atoms with van der Waals surface area (Å²) in [4.78, 5) is 15.6. The number of carbonyl (C=O) groups is 1. The summed E-state index contributed by atoms with van der Waals surface area (Å²) in [6.07, 6.45) is 4.72. The predicted molar refractivity (Wildman–Crippen MR) is 131 cm³/mol. The SMILES string of the molecule is O=C(NC1CCN(Cc2ccccc2)C1)c1ccccc1-c1ccc(Cn2cccn2)cc1. The van der Waals surface area contributed by atoms with Gasteiger partial charge in [-0.3, -0.25) is 14.4 Å². The molecule has 5 nitrogen and oxygen atoms in total. The maximum Gasteiger partial charge on any atom is 0.252 e. The van der Waals surface area contributed by atoms with Crippen molar-refractivity contribution in [2.24, 2.45) is 0 Å². The molecule has 5 rings (SSSR count). The van der Waals surface area contributed by atoms with E-state index in [9.17, 15) is 4.79 Å². The molecule has 1 amide bonds. The maximum atomic E-state index is 13.2. The van der Waals surface area contributed by atoms with E-state index in [-0.39, 0.29) is 11.9 Å². The quantitative estimate of drug-likeness (QED) is 0.461. The van der Waals surface area contributed by atoms with Gasteiger partial charge in [-0.15, -0.1) is 0 Å². The third-order valence-electron chi connectivity index (χ3n) is 6.20. The third kappa shape index (κ3) is 5.21. The molecule has 1 atom stereocenters. The Balaban J connectivity index is 1.24. The van der Waals surface area contributed by atoms with Crippen LogP contribution >= 0.6 is 0 Å². The highest BCUT2D eigenvalue weighted by Gasteiger charge is 2.25. The van der Waals surface area contributed by atoms with Crippen molar-refractivity contribution in [3.63, 3.8) is 0 Å². The Morgan fingerprint density at radius 3 is 2.42 bits per heavy atom. The fourth-order valence-corrected chi connectivity index (χ4v) is 4.50. The number of hydrogen-bond donors (Lipinski definition) is 1. The van der Waals surface area contributed by atoms with Gasteiger partial charge in [0.2, 0.25) is 0 Å². The number of hydrogen-bond acceptors (Lipinski definition) is 3. The average molecular weight is 437 g/mol. The summed E-state index contributed by atoms with van der Waals surface area (Å²) in [5, 5.41) is 7.54.